The van der Waals surface area contributed by atoms with Crippen LogP contribution in [0.15, 0.2) is 0 Å². The van der Waals surface area contributed by atoms with Crippen LogP contribution in [-0.4, -0.2) is 40.4 Å². The normalized spacial score (nSPS) is 39.3. The largest absolute Gasteiger partial charge is 0.295 e. The second-order valence-electron chi connectivity index (χ2n) is 3.88. The first-order valence-electron chi connectivity index (χ1n) is 4.41. The summed E-state index contributed by atoms with van der Waals surface area (Å²) in [7, 11) is 0. The van der Waals surface area contributed by atoms with Crippen molar-refractivity contribution in [2.24, 2.45) is 0 Å². The van der Waals surface area contributed by atoms with Crippen molar-refractivity contribution in [3.63, 3.8) is 0 Å². The number of thiol groups is 1. The van der Waals surface area contributed by atoms with Crippen LogP contribution in [0.5, 0.6) is 0 Å². The fraction of sp³-hybridized carbons (Fsp3) is 1.00. The molecule has 0 radical (unpaired) electrons. The zero-order chi connectivity index (χ0) is 8.01. The Balaban J connectivity index is 1.99. The third kappa shape index (κ3) is 1.10. The molecule has 2 aliphatic heterocycles. The van der Waals surface area contributed by atoms with Gasteiger partial charge in [-0.2, -0.15) is 0 Å². The summed E-state index contributed by atoms with van der Waals surface area (Å²) < 4.78 is 2.17. The van der Waals surface area contributed by atoms with Crippen LogP contribution in [0.3, 0.4) is 0 Å². The van der Waals surface area contributed by atoms with Crippen molar-refractivity contribution in [1.82, 2.24) is 9.21 Å². The average Bonchev–Trinajstić information content (AvgIpc) is 2.25. The minimum absolute atomic E-state index is 0.715. The van der Waals surface area contributed by atoms with Crippen molar-refractivity contribution in [2.75, 3.05) is 13.1 Å². The molecule has 2 rings (SSSR count). The van der Waals surface area contributed by atoms with E-state index in [1.165, 1.54) is 13.0 Å². The Hall–Kier alpha value is 0.270. The first-order chi connectivity index (χ1) is 5.20. The predicted molar refractivity (Wildman–Crippen MR) is 49.7 cm³/mol. The van der Waals surface area contributed by atoms with Gasteiger partial charge in [0, 0.05) is 31.2 Å². The number of hydrogen-bond acceptors (Lipinski definition) is 3. The molecule has 2 unspecified atom stereocenters. The SMILES string of the molecule is CC(C)N1CCC2C1CN2S. The highest BCUT2D eigenvalue weighted by atomic mass is 32.1. The molecule has 0 spiro atoms. The minimum atomic E-state index is 0.715. The van der Waals surface area contributed by atoms with E-state index in [0.717, 1.165) is 18.6 Å². The minimum Gasteiger partial charge on any atom is -0.295 e. The standard InChI is InChI=1S/C8H16N2S/c1-6(2)9-4-3-7-8(9)5-10(7)11/h6-8,11H,3-5H2,1-2H3. The Morgan fingerprint density at radius 1 is 1.36 bits per heavy atom. The highest BCUT2D eigenvalue weighted by Crippen LogP contribution is 2.34. The second-order valence-corrected chi connectivity index (χ2v) is 4.39. The van der Waals surface area contributed by atoms with E-state index in [2.05, 4.69) is 35.9 Å². The Morgan fingerprint density at radius 3 is 2.55 bits per heavy atom. The molecular weight excluding hydrogens is 156 g/mol. The molecule has 0 saturated carbocycles. The van der Waals surface area contributed by atoms with Crippen LogP contribution >= 0.6 is 12.8 Å². The molecule has 2 atom stereocenters. The van der Waals surface area contributed by atoms with Crippen LogP contribution in [0.25, 0.3) is 0 Å². The molecule has 3 heteroatoms. The van der Waals surface area contributed by atoms with Crippen molar-refractivity contribution in [2.45, 2.75) is 38.4 Å². The van der Waals surface area contributed by atoms with Crippen molar-refractivity contribution in [1.29, 1.82) is 0 Å². The van der Waals surface area contributed by atoms with Gasteiger partial charge in [-0.1, -0.05) is 12.8 Å². The summed E-state index contributed by atoms with van der Waals surface area (Å²) >= 11 is 4.37. The topological polar surface area (TPSA) is 6.48 Å². The van der Waals surface area contributed by atoms with E-state index in [-0.39, 0.29) is 0 Å². The molecule has 2 saturated heterocycles. The Bertz CT molecular complexity index is 160. The van der Waals surface area contributed by atoms with Gasteiger partial charge in [-0.3, -0.25) is 4.90 Å². The lowest BCUT2D eigenvalue weighted by Crippen LogP contribution is -2.58. The van der Waals surface area contributed by atoms with E-state index in [4.69, 9.17) is 0 Å². The van der Waals surface area contributed by atoms with E-state index in [0.29, 0.717) is 6.04 Å². The van der Waals surface area contributed by atoms with E-state index in [1.54, 1.807) is 0 Å². The first kappa shape index (κ1) is 7.90. The zero-order valence-corrected chi connectivity index (χ0v) is 8.09. The summed E-state index contributed by atoms with van der Waals surface area (Å²) in [4.78, 5) is 2.59. The van der Waals surface area contributed by atoms with Gasteiger partial charge < -0.3 is 0 Å². The van der Waals surface area contributed by atoms with Gasteiger partial charge in [0.15, 0.2) is 0 Å². The summed E-state index contributed by atoms with van der Waals surface area (Å²) in [5.41, 5.74) is 0. The fourth-order valence-electron chi connectivity index (χ4n) is 2.26. The van der Waals surface area contributed by atoms with Gasteiger partial charge in [0.25, 0.3) is 0 Å². The molecular formula is C8H16N2S. The molecule has 0 amide bonds. The van der Waals surface area contributed by atoms with Crippen molar-refractivity contribution >= 4 is 12.8 Å². The van der Waals surface area contributed by atoms with Crippen LogP contribution in [0, 0.1) is 0 Å². The summed E-state index contributed by atoms with van der Waals surface area (Å²) in [5, 5.41) is 0. The molecule has 0 aromatic carbocycles. The molecule has 0 aromatic heterocycles. The second kappa shape index (κ2) is 2.64. The number of rotatable bonds is 1. The summed E-state index contributed by atoms with van der Waals surface area (Å²) in [6, 6.07) is 2.28. The molecule has 11 heavy (non-hydrogen) atoms. The van der Waals surface area contributed by atoms with Gasteiger partial charge in [0.2, 0.25) is 0 Å². The molecule has 0 aliphatic carbocycles. The van der Waals surface area contributed by atoms with Crippen LogP contribution < -0.4 is 0 Å². The number of hydrogen-bond donors (Lipinski definition) is 1. The van der Waals surface area contributed by atoms with Gasteiger partial charge in [-0.25, -0.2) is 4.31 Å². The zero-order valence-electron chi connectivity index (χ0n) is 7.20. The third-order valence-corrected chi connectivity index (χ3v) is 3.43. The fourth-order valence-corrected chi connectivity index (χ4v) is 2.70. The smallest absolute Gasteiger partial charge is 0.0400 e. The van der Waals surface area contributed by atoms with Gasteiger partial charge >= 0.3 is 0 Å². The summed E-state index contributed by atoms with van der Waals surface area (Å²) in [6.07, 6.45) is 1.31. The lowest BCUT2D eigenvalue weighted by Gasteiger charge is -2.44. The molecule has 2 nitrogen and oxygen atoms in total. The average molecular weight is 172 g/mol. The van der Waals surface area contributed by atoms with Gasteiger partial charge in [0.05, 0.1) is 0 Å². The van der Waals surface area contributed by atoms with E-state index in [9.17, 15) is 0 Å². The maximum atomic E-state index is 4.37. The maximum Gasteiger partial charge on any atom is 0.0400 e. The van der Waals surface area contributed by atoms with E-state index < -0.39 is 0 Å². The lowest BCUT2D eigenvalue weighted by atomic mass is 10.0. The van der Waals surface area contributed by atoms with Crippen molar-refractivity contribution in [3.8, 4) is 0 Å². The Labute approximate surface area is 74.1 Å². The van der Waals surface area contributed by atoms with Crippen LogP contribution in [0.4, 0.5) is 0 Å². The van der Waals surface area contributed by atoms with Crippen molar-refractivity contribution in [3.05, 3.63) is 0 Å². The molecule has 2 aliphatic rings. The van der Waals surface area contributed by atoms with E-state index >= 15 is 0 Å². The molecule has 0 bridgehead atoms. The number of fused-ring (bicyclic) bond motifs is 1. The Morgan fingerprint density at radius 2 is 2.09 bits per heavy atom. The van der Waals surface area contributed by atoms with Gasteiger partial charge in [-0.15, -0.1) is 0 Å². The highest BCUT2D eigenvalue weighted by molar-refractivity contribution is 7.77. The first-order valence-corrected chi connectivity index (χ1v) is 4.81. The van der Waals surface area contributed by atoms with Crippen LogP contribution in [-0.2, 0) is 0 Å². The molecule has 2 fully saturated rings. The molecule has 64 valence electrons. The molecule has 0 aromatic rings. The predicted octanol–water partition coefficient (Wildman–Crippen LogP) is 0.998. The maximum absolute atomic E-state index is 4.37. The molecule has 0 N–H and O–H groups in total. The quantitative estimate of drug-likeness (QED) is 0.590. The van der Waals surface area contributed by atoms with Gasteiger partial charge in [-0.05, 0) is 20.3 Å². The monoisotopic (exact) mass is 172 g/mol. The lowest BCUT2D eigenvalue weighted by molar-refractivity contribution is 0.0836. The summed E-state index contributed by atoms with van der Waals surface area (Å²) in [6.45, 7) is 6.99. The van der Waals surface area contributed by atoms with Gasteiger partial charge in [0.1, 0.15) is 0 Å². The van der Waals surface area contributed by atoms with Crippen LogP contribution in [0.1, 0.15) is 20.3 Å². The number of likely N-dealkylation sites (tertiary alicyclic amines) is 1. The highest BCUT2D eigenvalue weighted by Gasteiger charge is 2.46. The number of nitrogens with zero attached hydrogens (tertiary/aromatic N) is 2. The van der Waals surface area contributed by atoms with Crippen molar-refractivity contribution < 1.29 is 0 Å². The van der Waals surface area contributed by atoms with E-state index in [1.807, 2.05) is 0 Å². The van der Waals surface area contributed by atoms with Crippen LogP contribution in [0.2, 0.25) is 0 Å². The Kier molecular flexibility index (Phi) is 1.90. The summed E-state index contributed by atoms with van der Waals surface area (Å²) in [5.74, 6) is 0. The third-order valence-electron chi connectivity index (χ3n) is 2.97. The molecule has 2 heterocycles.